The molecule has 1 saturated carbocycles. The van der Waals surface area contributed by atoms with Crippen LogP contribution in [0.5, 0.6) is 0 Å². The van der Waals surface area contributed by atoms with E-state index in [0.29, 0.717) is 6.42 Å². The average molecular weight is 257 g/mol. The lowest BCUT2D eigenvalue weighted by molar-refractivity contribution is -0.141. The fourth-order valence-electron chi connectivity index (χ4n) is 1.50. The Morgan fingerprint density at radius 1 is 1.44 bits per heavy atom. The van der Waals surface area contributed by atoms with Gasteiger partial charge in [-0.3, -0.25) is 0 Å². The van der Waals surface area contributed by atoms with Crippen LogP contribution in [0.4, 0.5) is 4.79 Å². The number of carbonyl (C=O) groups excluding carboxylic acids is 1. The van der Waals surface area contributed by atoms with Crippen molar-refractivity contribution < 1.29 is 19.4 Å². The first-order valence-electron chi connectivity index (χ1n) is 6.08. The standard InChI is InChI=1S/C11H17NO4.C2H6/c1-5-7-6-11(7,8(13)14)12-9(15)16-10(2,3)4;1-2/h5,7H,1,6H2,2-4H3,(H,12,15)(H,13,14);1-2H3/t7-,11-;/m1./s1. The minimum Gasteiger partial charge on any atom is -0.479 e. The van der Waals surface area contributed by atoms with E-state index in [-0.39, 0.29) is 5.92 Å². The lowest BCUT2D eigenvalue weighted by Gasteiger charge is -2.22. The number of hydrogen-bond acceptors (Lipinski definition) is 3. The van der Waals surface area contributed by atoms with Crippen LogP contribution in [-0.2, 0) is 9.53 Å². The molecule has 1 rings (SSSR count). The van der Waals surface area contributed by atoms with E-state index >= 15 is 0 Å². The van der Waals surface area contributed by atoms with Gasteiger partial charge in [-0.1, -0.05) is 19.9 Å². The molecule has 0 saturated heterocycles. The van der Waals surface area contributed by atoms with Crippen molar-refractivity contribution in [2.75, 3.05) is 0 Å². The van der Waals surface area contributed by atoms with E-state index in [1.165, 1.54) is 6.08 Å². The molecular weight excluding hydrogens is 234 g/mol. The highest BCUT2D eigenvalue weighted by molar-refractivity contribution is 5.88. The summed E-state index contributed by atoms with van der Waals surface area (Å²) in [5, 5.41) is 11.4. The summed E-state index contributed by atoms with van der Waals surface area (Å²) in [5.74, 6) is -1.28. The molecule has 0 heterocycles. The number of alkyl carbamates (subject to hydrolysis) is 1. The Bertz CT molecular complexity index is 332. The zero-order valence-electron chi connectivity index (χ0n) is 11.7. The van der Waals surface area contributed by atoms with Gasteiger partial charge < -0.3 is 15.2 Å². The van der Waals surface area contributed by atoms with Crippen molar-refractivity contribution in [2.24, 2.45) is 5.92 Å². The first kappa shape index (κ1) is 16.5. The second-order valence-electron chi connectivity index (χ2n) is 4.95. The lowest BCUT2D eigenvalue weighted by Crippen LogP contribution is -2.46. The summed E-state index contributed by atoms with van der Waals surface area (Å²) in [4.78, 5) is 22.5. The van der Waals surface area contributed by atoms with Crippen LogP contribution in [0.15, 0.2) is 12.7 Å². The first-order valence-corrected chi connectivity index (χ1v) is 6.08. The fraction of sp³-hybridized carbons (Fsp3) is 0.692. The van der Waals surface area contributed by atoms with Crippen molar-refractivity contribution in [1.82, 2.24) is 5.32 Å². The molecule has 1 amide bonds. The molecule has 0 aromatic rings. The number of amides is 1. The maximum atomic E-state index is 11.4. The Kier molecular flexibility index (Phi) is 5.39. The molecule has 2 N–H and O–H groups in total. The number of ether oxygens (including phenoxy) is 1. The Balaban J connectivity index is 0.00000137. The Labute approximate surface area is 108 Å². The van der Waals surface area contributed by atoms with E-state index < -0.39 is 23.2 Å². The van der Waals surface area contributed by atoms with Gasteiger partial charge in [0, 0.05) is 5.92 Å². The number of carboxylic acid groups (broad SMARTS) is 1. The van der Waals surface area contributed by atoms with Crippen molar-refractivity contribution in [2.45, 2.75) is 52.2 Å². The molecule has 0 unspecified atom stereocenters. The second-order valence-corrected chi connectivity index (χ2v) is 4.95. The van der Waals surface area contributed by atoms with Crippen LogP contribution < -0.4 is 5.32 Å². The van der Waals surface area contributed by atoms with Gasteiger partial charge >= 0.3 is 12.1 Å². The Morgan fingerprint density at radius 2 is 1.94 bits per heavy atom. The predicted molar refractivity (Wildman–Crippen MR) is 69.4 cm³/mol. The van der Waals surface area contributed by atoms with Gasteiger partial charge in [0.1, 0.15) is 11.1 Å². The molecule has 18 heavy (non-hydrogen) atoms. The van der Waals surface area contributed by atoms with E-state index in [0.717, 1.165) is 0 Å². The summed E-state index contributed by atoms with van der Waals surface area (Å²) in [6, 6.07) is 0. The monoisotopic (exact) mass is 257 g/mol. The van der Waals surface area contributed by atoms with Crippen LogP contribution >= 0.6 is 0 Å². The summed E-state index contributed by atoms with van der Waals surface area (Å²) < 4.78 is 5.01. The van der Waals surface area contributed by atoms with Crippen molar-refractivity contribution in [3.63, 3.8) is 0 Å². The summed E-state index contributed by atoms with van der Waals surface area (Å²) in [6.07, 6.45) is 1.19. The number of carboxylic acids is 1. The summed E-state index contributed by atoms with van der Waals surface area (Å²) in [5.41, 5.74) is -1.85. The van der Waals surface area contributed by atoms with Gasteiger partial charge in [0.05, 0.1) is 0 Å². The fourth-order valence-corrected chi connectivity index (χ4v) is 1.50. The zero-order valence-corrected chi connectivity index (χ0v) is 11.7. The minimum atomic E-state index is -1.22. The van der Waals surface area contributed by atoms with Gasteiger partial charge in [-0.2, -0.15) is 0 Å². The van der Waals surface area contributed by atoms with Gasteiger partial charge in [-0.05, 0) is 27.2 Å². The molecule has 1 fully saturated rings. The van der Waals surface area contributed by atoms with Crippen LogP contribution in [0, 0.1) is 5.92 Å². The zero-order chi connectivity index (χ0) is 14.6. The molecule has 0 radical (unpaired) electrons. The molecule has 2 atom stereocenters. The highest BCUT2D eigenvalue weighted by Gasteiger charge is 2.60. The summed E-state index contributed by atoms with van der Waals surface area (Å²) >= 11 is 0. The highest BCUT2D eigenvalue weighted by Crippen LogP contribution is 2.44. The van der Waals surface area contributed by atoms with Crippen LogP contribution in [0.2, 0.25) is 0 Å². The molecule has 104 valence electrons. The number of aliphatic carboxylic acids is 1. The largest absolute Gasteiger partial charge is 0.479 e. The van der Waals surface area contributed by atoms with Crippen LogP contribution in [0.25, 0.3) is 0 Å². The Morgan fingerprint density at radius 3 is 2.22 bits per heavy atom. The molecule has 0 bridgehead atoms. The van der Waals surface area contributed by atoms with Crippen LogP contribution in [0.1, 0.15) is 41.0 Å². The molecule has 5 nitrogen and oxygen atoms in total. The van der Waals surface area contributed by atoms with Crippen molar-refractivity contribution >= 4 is 12.1 Å². The van der Waals surface area contributed by atoms with Gasteiger partial charge in [0.25, 0.3) is 0 Å². The second kappa shape index (κ2) is 5.89. The van der Waals surface area contributed by atoms with Gasteiger partial charge in [0.2, 0.25) is 0 Å². The van der Waals surface area contributed by atoms with Gasteiger partial charge in [0.15, 0.2) is 0 Å². The van der Waals surface area contributed by atoms with E-state index in [4.69, 9.17) is 9.84 Å². The Hall–Kier alpha value is -1.52. The molecule has 1 aliphatic carbocycles. The highest BCUT2D eigenvalue weighted by atomic mass is 16.6. The predicted octanol–water partition coefficient (Wildman–Crippen LogP) is 2.57. The summed E-state index contributed by atoms with van der Waals surface area (Å²) in [6.45, 7) is 12.7. The number of rotatable bonds is 3. The van der Waals surface area contributed by atoms with Crippen molar-refractivity contribution in [3.05, 3.63) is 12.7 Å². The number of carbonyl (C=O) groups is 2. The molecular formula is C13H23NO4. The molecule has 0 aromatic carbocycles. The number of nitrogens with one attached hydrogen (secondary N) is 1. The normalized spacial score (nSPS) is 25.3. The molecule has 5 heteroatoms. The average Bonchev–Trinajstić information content (AvgIpc) is 2.93. The first-order chi connectivity index (χ1) is 8.21. The van der Waals surface area contributed by atoms with Crippen LogP contribution in [-0.4, -0.2) is 28.3 Å². The molecule has 1 aliphatic rings. The third kappa shape index (κ3) is 4.05. The molecule has 0 aliphatic heterocycles. The topological polar surface area (TPSA) is 75.6 Å². The van der Waals surface area contributed by atoms with Gasteiger partial charge in [-0.15, -0.1) is 6.58 Å². The third-order valence-electron chi connectivity index (χ3n) is 2.40. The van der Waals surface area contributed by atoms with E-state index in [2.05, 4.69) is 11.9 Å². The quantitative estimate of drug-likeness (QED) is 0.762. The van der Waals surface area contributed by atoms with E-state index in [1.54, 1.807) is 20.8 Å². The van der Waals surface area contributed by atoms with E-state index in [9.17, 15) is 9.59 Å². The number of hydrogen-bond donors (Lipinski definition) is 2. The van der Waals surface area contributed by atoms with Crippen LogP contribution in [0.3, 0.4) is 0 Å². The third-order valence-corrected chi connectivity index (χ3v) is 2.40. The minimum absolute atomic E-state index is 0.225. The SMILES string of the molecule is C=C[C@@H]1C[C@]1(NC(=O)OC(C)(C)C)C(=O)O.CC. The lowest BCUT2D eigenvalue weighted by atomic mass is 10.2. The van der Waals surface area contributed by atoms with Crippen molar-refractivity contribution in [3.8, 4) is 0 Å². The molecule has 0 aromatic heterocycles. The molecule has 0 spiro atoms. The van der Waals surface area contributed by atoms with E-state index in [1.807, 2.05) is 13.8 Å². The summed E-state index contributed by atoms with van der Waals surface area (Å²) in [7, 11) is 0. The maximum absolute atomic E-state index is 11.4. The van der Waals surface area contributed by atoms with Gasteiger partial charge in [-0.25, -0.2) is 9.59 Å². The smallest absolute Gasteiger partial charge is 0.408 e. The maximum Gasteiger partial charge on any atom is 0.408 e. The van der Waals surface area contributed by atoms with Crippen molar-refractivity contribution in [1.29, 1.82) is 0 Å².